The van der Waals surface area contributed by atoms with Gasteiger partial charge in [0.2, 0.25) is 0 Å². The standard InChI is InChI=1S/C16H18FN9O/c1-24-2-4-25(5-3-24)14-11(7-19-9-21-14)22-16(27)12-13(18)23-26-8-10(17)6-20-15(12)26/h6-9H,2-5H2,1H3,(H2,18,23)(H,22,27). The number of aromatic nitrogens is 5. The topological polar surface area (TPSA) is 118 Å². The molecule has 0 unspecified atom stereocenters. The molecule has 1 aliphatic rings. The molecular weight excluding hydrogens is 353 g/mol. The smallest absolute Gasteiger partial charge is 0.263 e. The molecule has 3 aromatic rings. The highest BCUT2D eigenvalue weighted by Gasteiger charge is 2.23. The van der Waals surface area contributed by atoms with E-state index in [1.807, 2.05) is 0 Å². The normalized spacial score (nSPS) is 15.3. The van der Waals surface area contributed by atoms with E-state index >= 15 is 0 Å². The van der Waals surface area contributed by atoms with Crippen molar-refractivity contribution in [2.45, 2.75) is 0 Å². The number of piperazine rings is 1. The van der Waals surface area contributed by atoms with Crippen molar-refractivity contribution in [1.29, 1.82) is 0 Å². The molecule has 1 amide bonds. The number of nitrogens with zero attached hydrogens (tertiary/aromatic N) is 7. The molecule has 0 spiro atoms. The number of carbonyl (C=O) groups excluding carboxylic acids is 1. The molecule has 0 atom stereocenters. The van der Waals surface area contributed by atoms with Crippen LogP contribution in [0.4, 0.5) is 21.7 Å². The fourth-order valence-electron chi connectivity index (χ4n) is 3.01. The summed E-state index contributed by atoms with van der Waals surface area (Å²) < 4.78 is 14.5. The summed E-state index contributed by atoms with van der Waals surface area (Å²) in [6.07, 6.45) is 5.09. The minimum absolute atomic E-state index is 0.0383. The first-order valence-electron chi connectivity index (χ1n) is 8.37. The van der Waals surface area contributed by atoms with Crippen LogP contribution in [0.2, 0.25) is 0 Å². The van der Waals surface area contributed by atoms with Crippen molar-refractivity contribution in [3.63, 3.8) is 0 Å². The van der Waals surface area contributed by atoms with Crippen molar-refractivity contribution in [3.8, 4) is 0 Å². The summed E-state index contributed by atoms with van der Waals surface area (Å²) in [6, 6.07) is 0. The third-order valence-corrected chi connectivity index (χ3v) is 4.44. The average Bonchev–Trinajstić information content (AvgIpc) is 2.98. The molecule has 10 nitrogen and oxygen atoms in total. The number of halogens is 1. The number of rotatable bonds is 3. The summed E-state index contributed by atoms with van der Waals surface area (Å²) in [6.45, 7) is 3.37. The van der Waals surface area contributed by atoms with E-state index in [1.165, 1.54) is 12.5 Å². The molecule has 1 aliphatic heterocycles. The van der Waals surface area contributed by atoms with E-state index in [4.69, 9.17) is 5.73 Å². The molecule has 1 saturated heterocycles. The van der Waals surface area contributed by atoms with Gasteiger partial charge in [0.05, 0.1) is 18.6 Å². The molecular formula is C16H18FN9O. The summed E-state index contributed by atoms with van der Waals surface area (Å²) in [5.74, 6) is -0.485. The lowest BCUT2D eigenvalue weighted by atomic mass is 10.2. The predicted molar refractivity (Wildman–Crippen MR) is 97.1 cm³/mol. The fraction of sp³-hybridized carbons (Fsp3) is 0.312. The van der Waals surface area contributed by atoms with Gasteiger partial charge in [-0.2, -0.15) is 0 Å². The molecule has 0 aromatic carbocycles. The second kappa shape index (κ2) is 6.76. The minimum Gasteiger partial charge on any atom is -0.381 e. The predicted octanol–water partition coefficient (Wildman–Crippen LogP) is 0.245. The highest BCUT2D eigenvalue weighted by atomic mass is 19.1. The average molecular weight is 371 g/mol. The van der Waals surface area contributed by atoms with Gasteiger partial charge in [0, 0.05) is 26.2 Å². The molecule has 27 heavy (non-hydrogen) atoms. The zero-order valence-corrected chi connectivity index (χ0v) is 14.6. The van der Waals surface area contributed by atoms with Crippen LogP contribution in [0.5, 0.6) is 0 Å². The van der Waals surface area contributed by atoms with E-state index in [0.29, 0.717) is 11.5 Å². The Morgan fingerprint density at radius 3 is 2.78 bits per heavy atom. The van der Waals surface area contributed by atoms with E-state index < -0.39 is 11.7 Å². The monoisotopic (exact) mass is 371 g/mol. The van der Waals surface area contributed by atoms with E-state index in [2.05, 4.69) is 42.2 Å². The number of anilines is 3. The van der Waals surface area contributed by atoms with Crippen molar-refractivity contribution < 1.29 is 9.18 Å². The third-order valence-electron chi connectivity index (χ3n) is 4.44. The van der Waals surface area contributed by atoms with Gasteiger partial charge < -0.3 is 20.9 Å². The molecule has 3 aromatic heterocycles. The summed E-state index contributed by atoms with van der Waals surface area (Å²) >= 11 is 0. The highest BCUT2D eigenvalue weighted by molar-refractivity contribution is 6.12. The van der Waals surface area contributed by atoms with Gasteiger partial charge >= 0.3 is 0 Å². The number of nitrogen functional groups attached to an aromatic ring is 1. The Labute approximate surface area is 153 Å². The molecule has 0 bridgehead atoms. The lowest BCUT2D eigenvalue weighted by Crippen LogP contribution is -2.45. The molecule has 0 radical (unpaired) electrons. The number of likely N-dealkylation sites (N-methyl/N-ethyl adjacent to an activating group) is 1. The molecule has 0 aliphatic carbocycles. The second-order valence-corrected chi connectivity index (χ2v) is 6.31. The van der Waals surface area contributed by atoms with Crippen LogP contribution in [0, 0.1) is 5.82 Å². The van der Waals surface area contributed by atoms with Crippen LogP contribution in [-0.2, 0) is 0 Å². The SMILES string of the molecule is CN1CCN(c2ncncc2NC(=O)c2c(N)nn3cc(F)cnc23)CC1. The molecule has 4 rings (SSSR count). The second-order valence-electron chi connectivity index (χ2n) is 6.31. The van der Waals surface area contributed by atoms with Gasteiger partial charge in [-0.15, -0.1) is 5.10 Å². The number of hydrogen-bond acceptors (Lipinski definition) is 8. The zero-order valence-electron chi connectivity index (χ0n) is 14.6. The van der Waals surface area contributed by atoms with Crippen LogP contribution < -0.4 is 16.0 Å². The number of nitrogens with one attached hydrogen (secondary N) is 1. The van der Waals surface area contributed by atoms with E-state index in [1.54, 1.807) is 0 Å². The number of amides is 1. The first-order valence-corrected chi connectivity index (χ1v) is 8.37. The Morgan fingerprint density at radius 1 is 1.22 bits per heavy atom. The van der Waals surface area contributed by atoms with Gasteiger partial charge in [-0.3, -0.25) is 4.79 Å². The Morgan fingerprint density at radius 2 is 2.00 bits per heavy atom. The lowest BCUT2D eigenvalue weighted by Gasteiger charge is -2.33. The van der Waals surface area contributed by atoms with Crippen LogP contribution in [0.15, 0.2) is 24.9 Å². The van der Waals surface area contributed by atoms with E-state index in [9.17, 15) is 9.18 Å². The molecule has 4 heterocycles. The quantitative estimate of drug-likeness (QED) is 0.673. The molecule has 11 heteroatoms. The summed E-state index contributed by atoms with van der Waals surface area (Å²) in [5.41, 5.74) is 6.56. The third kappa shape index (κ3) is 3.24. The van der Waals surface area contributed by atoms with Crippen LogP contribution in [0.3, 0.4) is 0 Å². The van der Waals surface area contributed by atoms with Crippen LogP contribution in [0.1, 0.15) is 10.4 Å². The largest absolute Gasteiger partial charge is 0.381 e. The molecule has 3 N–H and O–H groups in total. The van der Waals surface area contributed by atoms with Gasteiger partial charge in [0.25, 0.3) is 5.91 Å². The van der Waals surface area contributed by atoms with Crippen molar-refractivity contribution in [2.75, 3.05) is 49.2 Å². The molecule has 1 fully saturated rings. The first kappa shape index (κ1) is 17.1. The van der Waals surface area contributed by atoms with E-state index in [-0.39, 0.29) is 17.0 Å². The number of fused-ring (bicyclic) bond motifs is 1. The Balaban J connectivity index is 1.64. The highest BCUT2D eigenvalue weighted by Crippen LogP contribution is 2.25. The van der Waals surface area contributed by atoms with Crippen molar-refractivity contribution in [3.05, 3.63) is 36.3 Å². The maximum Gasteiger partial charge on any atom is 0.263 e. The Kier molecular flexibility index (Phi) is 4.28. The Bertz CT molecular complexity index is 997. The zero-order chi connectivity index (χ0) is 19.0. The van der Waals surface area contributed by atoms with Crippen LogP contribution in [-0.4, -0.2) is 68.6 Å². The Hall–Kier alpha value is -3.34. The maximum atomic E-state index is 13.3. The van der Waals surface area contributed by atoms with E-state index in [0.717, 1.165) is 43.1 Å². The van der Waals surface area contributed by atoms with Crippen molar-refractivity contribution in [1.82, 2.24) is 29.5 Å². The minimum atomic E-state index is -0.578. The lowest BCUT2D eigenvalue weighted by molar-refractivity contribution is 0.102. The van der Waals surface area contributed by atoms with Gasteiger partial charge in [-0.25, -0.2) is 23.9 Å². The summed E-state index contributed by atoms with van der Waals surface area (Å²) in [4.78, 5) is 29.4. The van der Waals surface area contributed by atoms with Crippen LogP contribution in [0.25, 0.3) is 5.65 Å². The van der Waals surface area contributed by atoms with Gasteiger partial charge in [-0.1, -0.05) is 0 Å². The molecule has 140 valence electrons. The maximum absolute atomic E-state index is 13.3. The van der Waals surface area contributed by atoms with Crippen molar-refractivity contribution in [2.24, 2.45) is 0 Å². The molecule has 0 saturated carbocycles. The fourth-order valence-corrected chi connectivity index (χ4v) is 3.01. The summed E-state index contributed by atoms with van der Waals surface area (Å²) in [5, 5.41) is 6.72. The number of nitrogens with two attached hydrogens (primary N) is 1. The summed E-state index contributed by atoms with van der Waals surface area (Å²) in [7, 11) is 2.06. The van der Waals surface area contributed by atoms with Gasteiger partial charge in [-0.05, 0) is 7.05 Å². The number of carbonyl (C=O) groups is 1. The van der Waals surface area contributed by atoms with Gasteiger partial charge in [0.1, 0.15) is 17.6 Å². The van der Waals surface area contributed by atoms with Crippen molar-refractivity contribution >= 4 is 28.9 Å². The first-order chi connectivity index (χ1) is 13.0. The number of hydrogen-bond donors (Lipinski definition) is 2. The van der Waals surface area contributed by atoms with Crippen LogP contribution >= 0.6 is 0 Å². The van der Waals surface area contributed by atoms with Gasteiger partial charge in [0.15, 0.2) is 23.1 Å².